The average molecular weight is 242 g/mol. The van der Waals surface area contributed by atoms with E-state index in [0.29, 0.717) is 12.1 Å². The molecule has 0 bridgehead atoms. The molecule has 1 saturated heterocycles. The number of carboxylic acid groups (broad SMARTS) is 1. The van der Waals surface area contributed by atoms with Crippen LogP contribution in [0.2, 0.25) is 0 Å². The van der Waals surface area contributed by atoms with Crippen LogP contribution in [0.25, 0.3) is 0 Å². The van der Waals surface area contributed by atoms with Crippen LogP contribution in [0, 0.1) is 0 Å². The molecular formula is C13H26N2O2. The Bertz CT molecular complexity index is 246. The lowest BCUT2D eigenvalue weighted by Crippen LogP contribution is -2.47. The molecule has 1 aliphatic rings. The van der Waals surface area contributed by atoms with Gasteiger partial charge in [0, 0.05) is 18.5 Å². The standard InChI is InChI=1S/C13H26N2O2/c1-4-15-9-7-12(10-11(15)2)14(3)8-5-6-13(16)17/h11-12H,4-10H2,1-3H3,(H,16,17). The molecule has 1 fully saturated rings. The highest BCUT2D eigenvalue weighted by molar-refractivity contribution is 5.66. The summed E-state index contributed by atoms with van der Waals surface area (Å²) in [5, 5.41) is 8.62. The van der Waals surface area contributed by atoms with Crippen molar-refractivity contribution in [2.75, 3.05) is 26.7 Å². The molecule has 0 spiro atoms. The number of hydrogen-bond donors (Lipinski definition) is 1. The molecule has 0 aromatic heterocycles. The van der Waals surface area contributed by atoms with Gasteiger partial charge in [-0.3, -0.25) is 4.79 Å². The molecule has 0 aliphatic carbocycles. The van der Waals surface area contributed by atoms with E-state index in [-0.39, 0.29) is 6.42 Å². The maximum atomic E-state index is 10.5. The summed E-state index contributed by atoms with van der Waals surface area (Å²) in [7, 11) is 2.13. The fraction of sp³-hybridized carbons (Fsp3) is 0.923. The van der Waals surface area contributed by atoms with Crippen molar-refractivity contribution < 1.29 is 9.90 Å². The number of nitrogens with zero attached hydrogens (tertiary/aromatic N) is 2. The van der Waals surface area contributed by atoms with Crippen molar-refractivity contribution in [1.29, 1.82) is 0 Å². The van der Waals surface area contributed by atoms with Gasteiger partial charge in [0.25, 0.3) is 0 Å². The highest BCUT2D eigenvalue weighted by Gasteiger charge is 2.26. The molecule has 1 aliphatic heterocycles. The first kappa shape index (κ1) is 14.5. The van der Waals surface area contributed by atoms with Gasteiger partial charge in [0.15, 0.2) is 0 Å². The van der Waals surface area contributed by atoms with Gasteiger partial charge in [-0.15, -0.1) is 0 Å². The molecule has 100 valence electrons. The average Bonchev–Trinajstić information content (AvgIpc) is 2.28. The molecule has 0 aromatic rings. The smallest absolute Gasteiger partial charge is 0.303 e. The third kappa shape index (κ3) is 4.64. The first-order valence-electron chi connectivity index (χ1n) is 6.70. The molecule has 0 aromatic carbocycles. The van der Waals surface area contributed by atoms with Crippen LogP contribution < -0.4 is 0 Å². The Morgan fingerprint density at radius 1 is 1.53 bits per heavy atom. The minimum absolute atomic E-state index is 0.285. The summed E-state index contributed by atoms with van der Waals surface area (Å²) in [6.07, 6.45) is 3.46. The molecule has 4 nitrogen and oxygen atoms in total. The zero-order valence-corrected chi connectivity index (χ0v) is 11.4. The third-order valence-corrected chi connectivity index (χ3v) is 3.92. The largest absolute Gasteiger partial charge is 0.481 e. The Hall–Kier alpha value is -0.610. The van der Waals surface area contributed by atoms with E-state index < -0.39 is 5.97 Å². The highest BCUT2D eigenvalue weighted by atomic mass is 16.4. The van der Waals surface area contributed by atoms with Crippen LogP contribution in [0.15, 0.2) is 0 Å². The van der Waals surface area contributed by atoms with Gasteiger partial charge >= 0.3 is 5.97 Å². The fourth-order valence-electron chi connectivity index (χ4n) is 2.73. The van der Waals surface area contributed by atoms with E-state index in [4.69, 9.17) is 5.11 Å². The molecule has 0 amide bonds. The SMILES string of the molecule is CCN1CCC(N(C)CCCC(=O)O)CC1C. The zero-order valence-electron chi connectivity index (χ0n) is 11.4. The maximum Gasteiger partial charge on any atom is 0.303 e. The number of carbonyl (C=O) groups is 1. The van der Waals surface area contributed by atoms with Crippen LogP contribution in [-0.4, -0.2) is 59.6 Å². The number of piperidine rings is 1. The van der Waals surface area contributed by atoms with Gasteiger partial charge in [-0.1, -0.05) is 6.92 Å². The molecule has 0 saturated carbocycles. The summed E-state index contributed by atoms with van der Waals surface area (Å²) >= 11 is 0. The quantitative estimate of drug-likeness (QED) is 0.769. The molecule has 4 heteroatoms. The molecular weight excluding hydrogens is 216 g/mol. The molecule has 2 atom stereocenters. The van der Waals surface area contributed by atoms with Gasteiger partial charge < -0.3 is 14.9 Å². The minimum atomic E-state index is -0.687. The second kappa shape index (κ2) is 6.97. The second-order valence-corrected chi connectivity index (χ2v) is 5.13. The molecule has 1 heterocycles. The fourth-order valence-corrected chi connectivity index (χ4v) is 2.73. The van der Waals surface area contributed by atoms with E-state index >= 15 is 0 Å². The van der Waals surface area contributed by atoms with E-state index in [1.165, 1.54) is 19.4 Å². The van der Waals surface area contributed by atoms with Gasteiger partial charge in [-0.25, -0.2) is 0 Å². The van der Waals surface area contributed by atoms with Crippen molar-refractivity contribution in [2.24, 2.45) is 0 Å². The number of likely N-dealkylation sites (tertiary alicyclic amines) is 1. The zero-order chi connectivity index (χ0) is 12.8. The predicted octanol–water partition coefficient (Wildman–Crippen LogP) is 1.66. The molecule has 1 N–H and O–H groups in total. The van der Waals surface area contributed by atoms with Crippen molar-refractivity contribution in [3.05, 3.63) is 0 Å². The Kier molecular flexibility index (Phi) is 5.92. The topological polar surface area (TPSA) is 43.8 Å². The van der Waals surface area contributed by atoms with E-state index in [9.17, 15) is 4.79 Å². The van der Waals surface area contributed by atoms with Crippen molar-refractivity contribution in [3.63, 3.8) is 0 Å². The molecule has 2 unspecified atom stereocenters. The lowest BCUT2D eigenvalue weighted by atomic mass is 9.97. The first-order valence-corrected chi connectivity index (χ1v) is 6.70. The number of aliphatic carboxylic acids is 1. The summed E-state index contributed by atoms with van der Waals surface area (Å²) in [6, 6.07) is 1.28. The summed E-state index contributed by atoms with van der Waals surface area (Å²) in [4.78, 5) is 15.3. The van der Waals surface area contributed by atoms with Crippen LogP contribution in [0.5, 0.6) is 0 Å². The van der Waals surface area contributed by atoms with Crippen molar-refractivity contribution in [2.45, 2.75) is 51.6 Å². The van der Waals surface area contributed by atoms with Crippen molar-refractivity contribution >= 4 is 5.97 Å². The summed E-state index contributed by atoms with van der Waals surface area (Å²) in [5.41, 5.74) is 0. The number of hydrogen-bond acceptors (Lipinski definition) is 3. The van der Waals surface area contributed by atoms with E-state index in [1.807, 2.05) is 0 Å². The van der Waals surface area contributed by atoms with E-state index in [0.717, 1.165) is 19.5 Å². The van der Waals surface area contributed by atoms with Crippen LogP contribution in [0.3, 0.4) is 0 Å². The Morgan fingerprint density at radius 3 is 2.76 bits per heavy atom. The number of rotatable bonds is 6. The van der Waals surface area contributed by atoms with E-state index in [2.05, 4.69) is 30.7 Å². The van der Waals surface area contributed by atoms with Crippen LogP contribution in [-0.2, 0) is 4.79 Å². The van der Waals surface area contributed by atoms with Crippen LogP contribution >= 0.6 is 0 Å². The minimum Gasteiger partial charge on any atom is -0.481 e. The Balaban J connectivity index is 2.28. The second-order valence-electron chi connectivity index (χ2n) is 5.13. The Labute approximate surface area is 105 Å². The normalized spacial score (nSPS) is 26.4. The summed E-state index contributed by atoms with van der Waals surface area (Å²) in [6.45, 7) is 7.71. The number of carboxylic acids is 1. The lowest BCUT2D eigenvalue weighted by Gasteiger charge is -2.40. The molecule has 1 rings (SSSR count). The van der Waals surface area contributed by atoms with E-state index in [1.54, 1.807) is 0 Å². The highest BCUT2D eigenvalue weighted by Crippen LogP contribution is 2.20. The van der Waals surface area contributed by atoms with Crippen LogP contribution in [0.1, 0.15) is 39.5 Å². The monoisotopic (exact) mass is 242 g/mol. The maximum absolute atomic E-state index is 10.5. The predicted molar refractivity (Wildman–Crippen MR) is 69.2 cm³/mol. The van der Waals surface area contributed by atoms with Crippen molar-refractivity contribution in [1.82, 2.24) is 9.80 Å². The van der Waals surface area contributed by atoms with Crippen molar-refractivity contribution in [3.8, 4) is 0 Å². The molecule has 0 radical (unpaired) electrons. The lowest BCUT2D eigenvalue weighted by molar-refractivity contribution is -0.137. The van der Waals surface area contributed by atoms with Gasteiger partial charge in [0.05, 0.1) is 0 Å². The Morgan fingerprint density at radius 2 is 2.24 bits per heavy atom. The van der Waals surface area contributed by atoms with Crippen LogP contribution in [0.4, 0.5) is 0 Å². The van der Waals surface area contributed by atoms with Gasteiger partial charge in [0.2, 0.25) is 0 Å². The first-order chi connectivity index (χ1) is 8.04. The van der Waals surface area contributed by atoms with Gasteiger partial charge in [-0.2, -0.15) is 0 Å². The van der Waals surface area contributed by atoms with Gasteiger partial charge in [-0.05, 0) is 52.9 Å². The molecule has 17 heavy (non-hydrogen) atoms. The summed E-state index contributed by atoms with van der Waals surface area (Å²) < 4.78 is 0. The van der Waals surface area contributed by atoms with Gasteiger partial charge in [0.1, 0.15) is 0 Å². The summed E-state index contributed by atoms with van der Waals surface area (Å²) in [5.74, 6) is -0.687. The third-order valence-electron chi connectivity index (χ3n) is 3.92.